The molecule has 1 aromatic heterocycles. The monoisotopic (exact) mass is 602 g/mol. The summed E-state index contributed by atoms with van der Waals surface area (Å²) in [6.45, 7) is 3.51. The van der Waals surface area contributed by atoms with Gasteiger partial charge in [0.2, 0.25) is 5.76 Å². The lowest BCUT2D eigenvalue weighted by Gasteiger charge is -2.36. The summed E-state index contributed by atoms with van der Waals surface area (Å²) < 4.78 is 37.1. The molecule has 2 heterocycles. The molecule has 0 bridgehead atoms. The number of amides is 1. The third-order valence-electron chi connectivity index (χ3n) is 6.99. The molecule has 1 aliphatic heterocycles. The molecule has 40 heavy (non-hydrogen) atoms. The zero-order chi connectivity index (χ0) is 28.3. The van der Waals surface area contributed by atoms with Gasteiger partial charge in [-0.25, -0.2) is 4.98 Å². The number of aromatic nitrogens is 1. The van der Waals surface area contributed by atoms with Gasteiger partial charge in [-0.05, 0) is 43.2 Å². The highest BCUT2D eigenvalue weighted by molar-refractivity contribution is 7.87. The number of hydrogen-bond donors (Lipinski definition) is 3. The third kappa shape index (κ3) is 6.81. The molecule has 1 amide bonds. The first-order valence-corrected chi connectivity index (χ1v) is 15.6. The van der Waals surface area contributed by atoms with Crippen molar-refractivity contribution in [2.75, 3.05) is 38.1 Å². The molecule has 0 radical (unpaired) electrons. The minimum Gasteiger partial charge on any atom is -0.486 e. The number of rotatable bonds is 11. The van der Waals surface area contributed by atoms with E-state index < -0.39 is 16.1 Å². The number of nitrogens with zero attached hydrogens (tertiary/aromatic N) is 3. The fourth-order valence-electron chi connectivity index (χ4n) is 4.32. The molecule has 0 unspecified atom stereocenters. The van der Waals surface area contributed by atoms with Crippen LogP contribution in [-0.2, 0) is 26.3 Å². The van der Waals surface area contributed by atoms with E-state index in [4.69, 9.17) is 21.7 Å². The maximum absolute atomic E-state index is 13.3. The molecule has 0 spiro atoms. The van der Waals surface area contributed by atoms with Crippen molar-refractivity contribution < 1.29 is 17.9 Å². The Kier molecular flexibility index (Phi) is 8.43. The van der Waals surface area contributed by atoms with E-state index in [1.54, 1.807) is 24.3 Å². The lowest BCUT2D eigenvalue weighted by Crippen LogP contribution is -2.52. The molecule has 3 aromatic rings. The third-order valence-corrected chi connectivity index (χ3v) is 9.82. The maximum Gasteiger partial charge on any atom is 0.293 e. The van der Waals surface area contributed by atoms with Crippen molar-refractivity contribution >= 4 is 61.2 Å². The number of hydrogen-bond acceptors (Lipinski definition) is 8. The summed E-state index contributed by atoms with van der Waals surface area (Å²) in [4.78, 5) is 19.6. The van der Waals surface area contributed by atoms with Crippen LogP contribution in [0.2, 0.25) is 5.02 Å². The molecule has 13 heteroatoms. The van der Waals surface area contributed by atoms with Crippen LogP contribution in [-0.4, -0.2) is 67.5 Å². The predicted molar refractivity (Wildman–Crippen MR) is 158 cm³/mol. The number of allylic oxidation sites excluding steroid dienone is 1. The van der Waals surface area contributed by atoms with Crippen molar-refractivity contribution in [3.63, 3.8) is 0 Å². The summed E-state index contributed by atoms with van der Waals surface area (Å²) in [6.07, 6.45) is 3.12. The number of fused-ring (bicyclic) bond motifs is 1. The van der Waals surface area contributed by atoms with Crippen LogP contribution >= 0.6 is 22.9 Å². The first-order chi connectivity index (χ1) is 19.2. The van der Waals surface area contributed by atoms with Crippen molar-refractivity contribution in [3.05, 3.63) is 70.0 Å². The van der Waals surface area contributed by atoms with Crippen LogP contribution < -0.4 is 10.0 Å². The van der Waals surface area contributed by atoms with Crippen LogP contribution in [0.1, 0.15) is 24.8 Å². The quantitative estimate of drug-likeness (QED) is 0.171. The minimum atomic E-state index is -3.75. The zero-order valence-electron chi connectivity index (χ0n) is 22.0. The second-order valence-corrected chi connectivity index (χ2v) is 13.5. The van der Waals surface area contributed by atoms with Gasteiger partial charge in [0.25, 0.3) is 16.1 Å². The van der Waals surface area contributed by atoms with E-state index in [9.17, 15) is 13.2 Å². The van der Waals surface area contributed by atoms with Crippen molar-refractivity contribution in [1.29, 1.82) is 5.41 Å². The van der Waals surface area contributed by atoms with Gasteiger partial charge in [-0.1, -0.05) is 36.7 Å². The summed E-state index contributed by atoms with van der Waals surface area (Å²) in [5.74, 6) is -0.453. The molecular formula is C27H31ClN6O4S2. The van der Waals surface area contributed by atoms with E-state index >= 15 is 0 Å². The minimum absolute atomic E-state index is 0.0104. The Morgan fingerprint density at radius 3 is 2.60 bits per heavy atom. The standard InChI is InChI=1S/C27H31ClN6O4S2/c1-27(9-10-27)18-38-25(26(35)31-20-6-4-5-19(28)15-20)22(16-29)33-11-13-34(14-12-33)40(36,37)30-17-24-32-21-7-2-3-8-23(21)39-24/h2-8,15-16,29-30H,9-14,17-18H2,1H3,(H,31,35)/b25-22-,29-16?. The summed E-state index contributed by atoms with van der Waals surface area (Å²) in [5, 5.41) is 12.1. The predicted octanol–water partition coefficient (Wildman–Crippen LogP) is 4.22. The number of para-hydroxylation sites is 1. The van der Waals surface area contributed by atoms with Crippen molar-refractivity contribution in [3.8, 4) is 0 Å². The number of carbonyl (C=O) groups excluding carboxylic acids is 1. The smallest absolute Gasteiger partial charge is 0.293 e. The van der Waals surface area contributed by atoms with Gasteiger partial charge in [-0.3, -0.25) is 4.79 Å². The van der Waals surface area contributed by atoms with Gasteiger partial charge in [-0.15, -0.1) is 11.3 Å². The van der Waals surface area contributed by atoms with E-state index in [0.717, 1.165) is 29.3 Å². The molecule has 1 aliphatic carbocycles. The molecule has 0 atom stereocenters. The Morgan fingerprint density at radius 2 is 1.93 bits per heavy atom. The van der Waals surface area contributed by atoms with Crippen LogP contribution in [0.25, 0.3) is 10.2 Å². The molecular weight excluding hydrogens is 572 g/mol. The average Bonchev–Trinajstić information content (AvgIpc) is 3.52. The van der Waals surface area contributed by atoms with E-state index in [1.807, 2.05) is 29.2 Å². The van der Waals surface area contributed by atoms with Crippen LogP contribution in [0.5, 0.6) is 0 Å². The van der Waals surface area contributed by atoms with Crippen molar-refractivity contribution in [2.24, 2.45) is 5.41 Å². The molecule has 212 valence electrons. The van der Waals surface area contributed by atoms with Gasteiger partial charge in [-0.2, -0.15) is 17.4 Å². The fourth-order valence-corrected chi connectivity index (χ4v) is 6.66. The average molecular weight is 603 g/mol. The topological polar surface area (TPSA) is 128 Å². The van der Waals surface area contributed by atoms with Crippen molar-refractivity contribution in [2.45, 2.75) is 26.3 Å². The second-order valence-electron chi connectivity index (χ2n) is 10.2. The fraction of sp³-hybridized carbons (Fsp3) is 0.370. The number of thiazole rings is 1. The SMILES string of the molecule is CC1(CO/C(C(=O)Nc2cccc(Cl)c2)=C(/C=N)N2CCN(S(=O)(=O)NCc3nc4ccccc4s3)CC2)CC1. The first kappa shape index (κ1) is 28.5. The normalized spacial score (nSPS) is 17.8. The Balaban J connectivity index is 1.26. The maximum atomic E-state index is 13.3. The summed E-state index contributed by atoms with van der Waals surface area (Å²) in [6, 6.07) is 14.5. The Labute approximate surface area is 242 Å². The first-order valence-electron chi connectivity index (χ1n) is 12.9. The highest BCUT2D eigenvalue weighted by Crippen LogP contribution is 2.45. The van der Waals surface area contributed by atoms with E-state index in [1.165, 1.54) is 15.6 Å². The number of nitrogens with one attached hydrogen (secondary N) is 3. The van der Waals surface area contributed by atoms with Gasteiger partial charge in [0, 0.05) is 48.5 Å². The van der Waals surface area contributed by atoms with Gasteiger partial charge in [0.05, 0.1) is 23.4 Å². The van der Waals surface area contributed by atoms with E-state index in [0.29, 0.717) is 41.1 Å². The zero-order valence-corrected chi connectivity index (χ0v) is 24.4. The van der Waals surface area contributed by atoms with Crippen LogP contribution in [0.4, 0.5) is 5.69 Å². The number of ether oxygens (including phenoxy) is 1. The van der Waals surface area contributed by atoms with Gasteiger partial charge in [0.15, 0.2) is 0 Å². The molecule has 1 saturated carbocycles. The van der Waals surface area contributed by atoms with Crippen molar-refractivity contribution in [1.82, 2.24) is 18.9 Å². The molecule has 3 N–H and O–H groups in total. The van der Waals surface area contributed by atoms with Gasteiger partial charge in [0.1, 0.15) is 10.7 Å². The van der Waals surface area contributed by atoms with Crippen LogP contribution in [0, 0.1) is 10.8 Å². The number of benzene rings is 2. The molecule has 10 nitrogen and oxygen atoms in total. The molecule has 1 saturated heterocycles. The second kappa shape index (κ2) is 11.8. The Hall–Kier alpha value is -3.03. The largest absolute Gasteiger partial charge is 0.486 e. The number of carbonyl (C=O) groups is 1. The van der Waals surface area contributed by atoms with E-state index in [-0.39, 0.29) is 30.8 Å². The Bertz CT molecular complexity index is 1510. The van der Waals surface area contributed by atoms with E-state index in [2.05, 4.69) is 21.9 Å². The number of halogens is 1. The molecule has 2 aromatic carbocycles. The molecule has 2 fully saturated rings. The summed E-state index contributed by atoms with van der Waals surface area (Å²) in [7, 11) is -3.75. The number of piperazine rings is 1. The number of anilines is 1. The van der Waals surface area contributed by atoms with Crippen LogP contribution in [0.3, 0.4) is 0 Å². The van der Waals surface area contributed by atoms with Crippen LogP contribution in [0.15, 0.2) is 60.0 Å². The summed E-state index contributed by atoms with van der Waals surface area (Å²) in [5.41, 5.74) is 1.67. The summed E-state index contributed by atoms with van der Waals surface area (Å²) >= 11 is 7.53. The lowest BCUT2D eigenvalue weighted by molar-refractivity contribution is -0.116. The van der Waals surface area contributed by atoms with Gasteiger partial charge >= 0.3 is 0 Å². The van der Waals surface area contributed by atoms with Gasteiger partial charge < -0.3 is 20.4 Å². The lowest BCUT2D eigenvalue weighted by atomic mass is 10.2. The molecule has 2 aliphatic rings. The molecule has 5 rings (SSSR count). The highest BCUT2D eigenvalue weighted by Gasteiger charge is 2.39. The Morgan fingerprint density at radius 1 is 1.18 bits per heavy atom. The highest BCUT2D eigenvalue weighted by atomic mass is 35.5.